The van der Waals surface area contributed by atoms with Crippen LogP contribution >= 0.6 is 23.2 Å². The van der Waals surface area contributed by atoms with Crippen molar-refractivity contribution in [2.75, 3.05) is 19.0 Å². The fourth-order valence-corrected chi connectivity index (χ4v) is 2.51. The molecule has 2 aromatic carbocycles. The van der Waals surface area contributed by atoms with Gasteiger partial charge in [0.15, 0.2) is 0 Å². The van der Waals surface area contributed by atoms with E-state index in [1.54, 1.807) is 0 Å². The third-order valence-electron chi connectivity index (χ3n) is 3.26. The van der Waals surface area contributed by atoms with E-state index in [9.17, 15) is 19.7 Å². The SMILES string of the molecule is COc1cc([N+](=O)[O-])ccc1NC(=O)CNC(=O)c1ccc(Cl)cc1Cl. The van der Waals surface area contributed by atoms with Crippen LogP contribution in [-0.4, -0.2) is 30.4 Å². The normalized spacial score (nSPS) is 10.1. The van der Waals surface area contributed by atoms with Gasteiger partial charge in [-0.05, 0) is 24.3 Å². The Morgan fingerprint density at radius 3 is 2.54 bits per heavy atom. The summed E-state index contributed by atoms with van der Waals surface area (Å²) >= 11 is 11.7. The van der Waals surface area contributed by atoms with Crippen LogP contribution < -0.4 is 15.4 Å². The highest BCUT2D eigenvalue weighted by Crippen LogP contribution is 2.28. The Morgan fingerprint density at radius 1 is 1.19 bits per heavy atom. The highest BCUT2D eigenvalue weighted by atomic mass is 35.5. The van der Waals surface area contributed by atoms with Crippen LogP contribution in [0.25, 0.3) is 0 Å². The fraction of sp³-hybridized carbons (Fsp3) is 0.125. The smallest absolute Gasteiger partial charge is 0.273 e. The van der Waals surface area contributed by atoms with Gasteiger partial charge in [-0.2, -0.15) is 0 Å². The van der Waals surface area contributed by atoms with Crippen molar-refractivity contribution in [3.8, 4) is 5.75 Å². The number of nitro benzene ring substituents is 1. The standard InChI is InChI=1S/C16H13Cl2N3O5/c1-26-14-7-10(21(24)25)3-5-13(14)20-15(22)8-19-16(23)11-4-2-9(17)6-12(11)18/h2-7H,8H2,1H3,(H,19,23)(H,20,22). The minimum Gasteiger partial charge on any atom is -0.494 e. The second-order valence-corrected chi connectivity index (χ2v) is 5.84. The molecule has 0 saturated carbocycles. The summed E-state index contributed by atoms with van der Waals surface area (Å²) < 4.78 is 5.02. The molecule has 2 aromatic rings. The predicted molar refractivity (Wildman–Crippen MR) is 97.1 cm³/mol. The van der Waals surface area contributed by atoms with Gasteiger partial charge in [-0.15, -0.1) is 0 Å². The topological polar surface area (TPSA) is 111 Å². The van der Waals surface area contributed by atoms with Crippen molar-refractivity contribution in [3.63, 3.8) is 0 Å². The van der Waals surface area contributed by atoms with Crippen molar-refractivity contribution in [2.24, 2.45) is 0 Å². The molecule has 0 fully saturated rings. The highest BCUT2D eigenvalue weighted by Gasteiger charge is 2.15. The van der Waals surface area contributed by atoms with Crippen molar-refractivity contribution in [3.05, 3.63) is 62.1 Å². The molecule has 136 valence electrons. The van der Waals surface area contributed by atoms with Crippen LogP contribution in [0.5, 0.6) is 5.75 Å². The Balaban J connectivity index is 2.00. The molecule has 0 radical (unpaired) electrons. The summed E-state index contributed by atoms with van der Waals surface area (Å²) in [6, 6.07) is 8.11. The number of halogens is 2. The maximum atomic E-state index is 12.1. The lowest BCUT2D eigenvalue weighted by Crippen LogP contribution is -2.33. The molecule has 0 unspecified atom stereocenters. The van der Waals surface area contributed by atoms with Gasteiger partial charge in [-0.1, -0.05) is 23.2 Å². The third-order valence-corrected chi connectivity index (χ3v) is 3.80. The number of anilines is 1. The third kappa shape index (κ3) is 4.84. The van der Waals surface area contributed by atoms with E-state index in [-0.39, 0.29) is 34.3 Å². The van der Waals surface area contributed by atoms with E-state index in [4.69, 9.17) is 27.9 Å². The number of carbonyl (C=O) groups excluding carboxylic acids is 2. The maximum Gasteiger partial charge on any atom is 0.273 e. The monoisotopic (exact) mass is 397 g/mol. The molecule has 0 aliphatic rings. The molecule has 0 spiro atoms. The number of rotatable bonds is 6. The van der Waals surface area contributed by atoms with Gasteiger partial charge < -0.3 is 15.4 Å². The van der Waals surface area contributed by atoms with Crippen LogP contribution in [0.2, 0.25) is 10.0 Å². The van der Waals surface area contributed by atoms with Crippen molar-refractivity contribution < 1.29 is 19.2 Å². The Bertz CT molecular complexity index is 873. The summed E-state index contributed by atoms with van der Waals surface area (Å²) in [6.45, 7) is -0.335. The van der Waals surface area contributed by atoms with Gasteiger partial charge in [-0.3, -0.25) is 19.7 Å². The summed E-state index contributed by atoms with van der Waals surface area (Å²) in [5.41, 5.74) is 0.240. The van der Waals surface area contributed by atoms with Gasteiger partial charge >= 0.3 is 0 Å². The van der Waals surface area contributed by atoms with E-state index in [1.807, 2.05) is 0 Å². The van der Waals surface area contributed by atoms with Crippen molar-refractivity contribution in [1.29, 1.82) is 0 Å². The molecule has 2 N–H and O–H groups in total. The lowest BCUT2D eigenvalue weighted by Gasteiger charge is -2.11. The van der Waals surface area contributed by atoms with E-state index in [0.717, 1.165) is 0 Å². The number of hydrogen-bond acceptors (Lipinski definition) is 5. The van der Waals surface area contributed by atoms with Crippen LogP contribution in [0.4, 0.5) is 11.4 Å². The minimum atomic E-state index is -0.579. The number of non-ortho nitro benzene ring substituents is 1. The zero-order valence-electron chi connectivity index (χ0n) is 13.4. The molecular weight excluding hydrogens is 385 g/mol. The Hall–Kier alpha value is -2.84. The predicted octanol–water partition coefficient (Wildman–Crippen LogP) is 3.28. The van der Waals surface area contributed by atoms with Crippen LogP contribution in [-0.2, 0) is 4.79 Å². The maximum absolute atomic E-state index is 12.1. The zero-order valence-corrected chi connectivity index (χ0v) is 14.9. The lowest BCUT2D eigenvalue weighted by molar-refractivity contribution is -0.384. The second kappa shape index (κ2) is 8.50. The molecule has 0 heterocycles. The number of nitrogens with one attached hydrogen (secondary N) is 2. The largest absolute Gasteiger partial charge is 0.494 e. The van der Waals surface area contributed by atoms with Crippen molar-refractivity contribution >= 4 is 46.4 Å². The highest BCUT2D eigenvalue weighted by molar-refractivity contribution is 6.36. The van der Waals surface area contributed by atoms with Gasteiger partial charge in [0.25, 0.3) is 11.6 Å². The van der Waals surface area contributed by atoms with E-state index in [2.05, 4.69) is 10.6 Å². The van der Waals surface area contributed by atoms with Crippen LogP contribution in [0.15, 0.2) is 36.4 Å². The number of ether oxygens (including phenoxy) is 1. The molecule has 26 heavy (non-hydrogen) atoms. The molecule has 8 nitrogen and oxygen atoms in total. The number of amides is 2. The van der Waals surface area contributed by atoms with Crippen molar-refractivity contribution in [2.45, 2.75) is 0 Å². The fourth-order valence-electron chi connectivity index (χ4n) is 2.02. The van der Waals surface area contributed by atoms with Crippen LogP contribution in [0.3, 0.4) is 0 Å². The summed E-state index contributed by atoms with van der Waals surface area (Å²) in [7, 11) is 1.32. The quantitative estimate of drug-likeness (QED) is 0.573. The van der Waals surface area contributed by atoms with E-state index < -0.39 is 16.7 Å². The first-order chi connectivity index (χ1) is 12.3. The zero-order chi connectivity index (χ0) is 19.3. The number of carbonyl (C=O) groups is 2. The Kier molecular flexibility index (Phi) is 6.37. The number of hydrogen-bond donors (Lipinski definition) is 2. The molecule has 10 heteroatoms. The number of methoxy groups -OCH3 is 1. The summed E-state index contributed by atoms with van der Waals surface area (Å²) in [6.07, 6.45) is 0. The first-order valence-corrected chi connectivity index (χ1v) is 7.93. The summed E-state index contributed by atoms with van der Waals surface area (Å²) in [5.74, 6) is -0.965. The number of nitrogens with zero attached hydrogens (tertiary/aromatic N) is 1. The van der Waals surface area contributed by atoms with E-state index in [0.29, 0.717) is 5.02 Å². The van der Waals surface area contributed by atoms with Gasteiger partial charge in [0.1, 0.15) is 5.75 Å². The molecule has 0 aliphatic carbocycles. The minimum absolute atomic E-state index is 0.125. The average molecular weight is 398 g/mol. The summed E-state index contributed by atoms with van der Waals surface area (Å²) in [5, 5.41) is 16.2. The van der Waals surface area contributed by atoms with Crippen LogP contribution in [0, 0.1) is 10.1 Å². The molecule has 0 bridgehead atoms. The molecular formula is C16H13Cl2N3O5. The van der Waals surface area contributed by atoms with Gasteiger partial charge in [0.2, 0.25) is 5.91 Å². The Morgan fingerprint density at radius 2 is 1.92 bits per heavy atom. The number of benzene rings is 2. The molecule has 0 aliphatic heterocycles. The Labute approximate surface area is 158 Å². The molecule has 0 saturated heterocycles. The summed E-state index contributed by atoms with van der Waals surface area (Å²) in [4.78, 5) is 34.2. The van der Waals surface area contributed by atoms with E-state index >= 15 is 0 Å². The van der Waals surface area contributed by atoms with Gasteiger partial charge in [0, 0.05) is 11.1 Å². The van der Waals surface area contributed by atoms with Gasteiger partial charge in [0.05, 0.1) is 40.9 Å². The number of nitro groups is 1. The van der Waals surface area contributed by atoms with E-state index in [1.165, 1.54) is 43.5 Å². The van der Waals surface area contributed by atoms with Gasteiger partial charge in [-0.25, -0.2) is 0 Å². The first-order valence-electron chi connectivity index (χ1n) is 7.17. The molecule has 0 atom stereocenters. The second-order valence-electron chi connectivity index (χ2n) is 5.00. The average Bonchev–Trinajstić information content (AvgIpc) is 2.59. The molecule has 2 rings (SSSR count). The molecule has 0 aromatic heterocycles. The first kappa shape index (κ1) is 19.5. The lowest BCUT2D eigenvalue weighted by atomic mass is 10.2. The molecule has 2 amide bonds. The van der Waals surface area contributed by atoms with Crippen molar-refractivity contribution in [1.82, 2.24) is 5.32 Å². The van der Waals surface area contributed by atoms with Crippen LogP contribution in [0.1, 0.15) is 10.4 Å².